The summed E-state index contributed by atoms with van der Waals surface area (Å²) < 4.78 is 0. The first-order valence-corrected chi connectivity index (χ1v) is 12.3. The molecule has 0 fully saturated rings. The third-order valence-corrected chi connectivity index (χ3v) is 5.93. The second-order valence-electron chi connectivity index (χ2n) is 9.93. The van der Waals surface area contributed by atoms with Gasteiger partial charge in [0.2, 0.25) is 17.7 Å². The lowest BCUT2D eigenvalue weighted by atomic mass is 9.94. The van der Waals surface area contributed by atoms with Crippen LogP contribution >= 0.6 is 0 Å². The lowest BCUT2D eigenvalue weighted by Crippen LogP contribution is -2.47. The van der Waals surface area contributed by atoms with Crippen LogP contribution in [0.25, 0.3) is 0 Å². The van der Waals surface area contributed by atoms with E-state index < -0.39 is 24.0 Å². The Morgan fingerprint density at radius 3 is 2.03 bits per heavy atom. The van der Waals surface area contributed by atoms with E-state index in [1.165, 1.54) is 0 Å². The van der Waals surface area contributed by atoms with E-state index in [1.807, 2.05) is 58.0 Å². The van der Waals surface area contributed by atoms with Gasteiger partial charge in [-0.3, -0.25) is 19.2 Å². The quantitative estimate of drug-likeness (QED) is 0.253. The van der Waals surface area contributed by atoms with Crippen molar-refractivity contribution in [2.75, 3.05) is 6.54 Å². The fraction of sp³-hybridized carbons (Fsp3) is 0.615. The van der Waals surface area contributed by atoms with E-state index in [-0.39, 0.29) is 61.4 Å². The standard InChI is InChI=1S/C26H42N4O5/c1-16(2)21(15-28-23(31)14-22(27)17(3)4)26(35)29-18(5)11-24(32)30-20(13-25(33)34)12-19-9-7-6-8-10-19/h6-10,16-18,20-22H,11-15,27H2,1-5H3,(H,28,31)(H,29,35)(H,30,32)(H,33,34)/t18?,20-,21?,22+/m0/s1. The number of aliphatic carboxylic acids is 1. The highest BCUT2D eigenvalue weighted by molar-refractivity contribution is 5.83. The number of benzene rings is 1. The summed E-state index contributed by atoms with van der Waals surface area (Å²) in [5.74, 6) is -2.08. The first-order chi connectivity index (χ1) is 16.4. The Morgan fingerprint density at radius 1 is 0.857 bits per heavy atom. The van der Waals surface area contributed by atoms with E-state index in [2.05, 4.69) is 16.0 Å². The van der Waals surface area contributed by atoms with Gasteiger partial charge >= 0.3 is 5.97 Å². The largest absolute Gasteiger partial charge is 0.481 e. The minimum Gasteiger partial charge on any atom is -0.481 e. The number of nitrogens with one attached hydrogen (secondary N) is 3. The lowest BCUT2D eigenvalue weighted by molar-refractivity contribution is -0.137. The van der Waals surface area contributed by atoms with Gasteiger partial charge in [0, 0.05) is 37.5 Å². The van der Waals surface area contributed by atoms with E-state index in [4.69, 9.17) is 5.73 Å². The molecule has 3 amide bonds. The van der Waals surface area contributed by atoms with Gasteiger partial charge in [0.15, 0.2) is 0 Å². The second kappa shape index (κ2) is 15.1. The number of carbonyl (C=O) groups excluding carboxylic acids is 3. The van der Waals surface area contributed by atoms with Gasteiger partial charge < -0.3 is 26.8 Å². The van der Waals surface area contributed by atoms with Gasteiger partial charge in [-0.25, -0.2) is 0 Å². The van der Waals surface area contributed by atoms with Crippen molar-refractivity contribution >= 4 is 23.7 Å². The number of hydrogen-bond donors (Lipinski definition) is 5. The highest BCUT2D eigenvalue weighted by Gasteiger charge is 2.26. The summed E-state index contributed by atoms with van der Waals surface area (Å²) in [5, 5.41) is 17.6. The van der Waals surface area contributed by atoms with Gasteiger partial charge in [0.05, 0.1) is 12.3 Å². The molecule has 1 aromatic rings. The van der Waals surface area contributed by atoms with Crippen LogP contribution in [-0.4, -0.2) is 53.5 Å². The normalized spacial score (nSPS) is 14.6. The van der Waals surface area contributed by atoms with Crippen LogP contribution in [0.5, 0.6) is 0 Å². The summed E-state index contributed by atoms with van der Waals surface area (Å²) in [6, 6.07) is 8.09. The van der Waals surface area contributed by atoms with Gasteiger partial charge in [-0.2, -0.15) is 0 Å². The third kappa shape index (κ3) is 12.4. The summed E-state index contributed by atoms with van der Waals surface area (Å²) >= 11 is 0. The smallest absolute Gasteiger partial charge is 0.305 e. The Bertz CT molecular complexity index is 828. The molecule has 0 heterocycles. The molecule has 0 spiro atoms. The molecule has 0 aromatic heterocycles. The van der Waals surface area contributed by atoms with Crippen molar-refractivity contribution in [3.63, 3.8) is 0 Å². The van der Waals surface area contributed by atoms with Crippen molar-refractivity contribution in [3.05, 3.63) is 35.9 Å². The minimum absolute atomic E-state index is 0.0110. The summed E-state index contributed by atoms with van der Waals surface area (Å²) in [4.78, 5) is 48.8. The molecule has 9 nitrogen and oxygen atoms in total. The predicted octanol–water partition coefficient (Wildman–Crippen LogP) is 1.85. The number of rotatable bonds is 15. The van der Waals surface area contributed by atoms with Crippen LogP contribution < -0.4 is 21.7 Å². The van der Waals surface area contributed by atoms with Crippen molar-refractivity contribution in [2.24, 2.45) is 23.5 Å². The molecule has 1 aromatic carbocycles. The summed E-state index contributed by atoms with van der Waals surface area (Å²) in [6.07, 6.45) is 0.407. The zero-order chi connectivity index (χ0) is 26.5. The van der Waals surface area contributed by atoms with Crippen molar-refractivity contribution in [3.8, 4) is 0 Å². The molecular weight excluding hydrogens is 448 g/mol. The number of carboxylic acid groups (broad SMARTS) is 1. The van der Waals surface area contributed by atoms with E-state index >= 15 is 0 Å². The average molecular weight is 491 g/mol. The topological polar surface area (TPSA) is 151 Å². The van der Waals surface area contributed by atoms with E-state index in [0.29, 0.717) is 6.42 Å². The molecule has 2 unspecified atom stereocenters. The second-order valence-corrected chi connectivity index (χ2v) is 9.93. The highest BCUT2D eigenvalue weighted by atomic mass is 16.4. The van der Waals surface area contributed by atoms with Crippen LogP contribution in [0, 0.1) is 17.8 Å². The van der Waals surface area contributed by atoms with Crippen molar-refractivity contribution in [1.82, 2.24) is 16.0 Å². The van der Waals surface area contributed by atoms with Crippen LogP contribution in [0.15, 0.2) is 30.3 Å². The summed E-state index contributed by atoms with van der Waals surface area (Å²) in [5.41, 5.74) is 6.88. The van der Waals surface area contributed by atoms with Crippen LogP contribution in [0.2, 0.25) is 0 Å². The number of amides is 3. The van der Waals surface area contributed by atoms with Crippen LogP contribution in [0.4, 0.5) is 0 Å². The van der Waals surface area contributed by atoms with Gasteiger partial charge in [-0.05, 0) is 30.7 Å². The maximum atomic E-state index is 12.8. The Labute approximate surface area is 208 Å². The number of nitrogens with two attached hydrogens (primary N) is 1. The molecule has 0 bridgehead atoms. The van der Waals surface area contributed by atoms with E-state index in [9.17, 15) is 24.3 Å². The number of carbonyl (C=O) groups is 4. The molecule has 35 heavy (non-hydrogen) atoms. The van der Waals surface area contributed by atoms with Crippen LogP contribution in [0.3, 0.4) is 0 Å². The molecule has 196 valence electrons. The molecule has 0 aliphatic rings. The maximum Gasteiger partial charge on any atom is 0.305 e. The zero-order valence-electron chi connectivity index (χ0n) is 21.5. The Morgan fingerprint density at radius 2 is 1.49 bits per heavy atom. The molecule has 0 saturated carbocycles. The first-order valence-electron chi connectivity index (χ1n) is 12.3. The summed E-state index contributed by atoms with van der Waals surface area (Å²) in [7, 11) is 0. The fourth-order valence-corrected chi connectivity index (χ4v) is 3.63. The molecule has 0 radical (unpaired) electrons. The molecule has 0 aliphatic carbocycles. The van der Waals surface area contributed by atoms with E-state index in [1.54, 1.807) is 6.92 Å². The van der Waals surface area contributed by atoms with Crippen LogP contribution in [-0.2, 0) is 25.6 Å². The van der Waals surface area contributed by atoms with Crippen molar-refractivity contribution in [1.29, 1.82) is 0 Å². The van der Waals surface area contributed by atoms with Gasteiger partial charge in [0.25, 0.3) is 0 Å². The van der Waals surface area contributed by atoms with Crippen LogP contribution in [0.1, 0.15) is 59.4 Å². The number of carboxylic acids is 1. The van der Waals surface area contributed by atoms with Gasteiger partial charge in [-0.15, -0.1) is 0 Å². The van der Waals surface area contributed by atoms with Crippen molar-refractivity contribution < 1.29 is 24.3 Å². The third-order valence-electron chi connectivity index (χ3n) is 5.93. The Hall–Kier alpha value is -2.94. The molecule has 0 aliphatic heterocycles. The summed E-state index contributed by atoms with van der Waals surface area (Å²) in [6.45, 7) is 9.60. The zero-order valence-corrected chi connectivity index (χ0v) is 21.5. The molecule has 6 N–H and O–H groups in total. The SMILES string of the molecule is CC(CC(=O)N[C@H](CC(=O)O)Cc1ccccc1)NC(=O)C(CNC(=O)C[C@@H](N)C(C)C)C(C)C. The molecule has 4 atom stereocenters. The Kier molecular flexibility index (Phi) is 13.0. The average Bonchev–Trinajstić information content (AvgIpc) is 2.73. The fourth-order valence-electron chi connectivity index (χ4n) is 3.63. The Balaban J connectivity index is 2.61. The van der Waals surface area contributed by atoms with E-state index in [0.717, 1.165) is 5.56 Å². The first kappa shape index (κ1) is 30.1. The van der Waals surface area contributed by atoms with Gasteiger partial charge in [0.1, 0.15) is 0 Å². The molecule has 9 heteroatoms. The molecule has 1 rings (SSSR count). The highest BCUT2D eigenvalue weighted by Crippen LogP contribution is 2.12. The molecular formula is C26H42N4O5. The lowest BCUT2D eigenvalue weighted by Gasteiger charge is -2.24. The monoisotopic (exact) mass is 490 g/mol. The maximum absolute atomic E-state index is 12.8. The van der Waals surface area contributed by atoms with Gasteiger partial charge in [-0.1, -0.05) is 58.0 Å². The number of hydrogen-bond acceptors (Lipinski definition) is 5. The van der Waals surface area contributed by atoms with Crippen molar-refractivity contribution in [2.45, 2.75) is 78.4 Å². The predicted molar refractivity (Wildman–Crippen MR) is 135 cm³/mol. The molecule has 0 saturated heterocycles. The minimum atomic E-state index is -0.997.